The van der Waals surface area contributed by atoms with Crippen molar-refractivity contribution >= 4 is 38.3 Å². The zero-order chi connectivity index (χ0) is 21.5. The molecule has 32 heavy (non-hydrogen) atoms. The molecule has 0 radical (unpaired) electrons. The fraction of sp³-hybridized carbons (Fsp3) is 0.259. The van der Waals surface area contributed by atoms with E-state index in [-0.39, 0.29) is 5.92 Å². The molecule has 3 aromatic heterocycles. The van der Waals surface area contributed by atoms with Crippen LogP contribution in [0.15, 0.2) is 67.1 Å². The number of H-pyrrole nitrogens is 1. The van der Waals surface area contributed by atoms with Gasteiger partial charge in [-0.25, -0.2) is 9.97 Å². The molecule has 0 saturated carbocycles. The van der Waals surface area contributed by atoms with E-state index < -0.39 is 0 Å². The number of aromatic amines is 1. The van der Waals surface area contributed by atoms with Gasteiger partial charge in [0.1, 0.15) is 17.0 Å². The third-order valence-corrected chi connectivity index (χ3v) is 7.93. The Morgan fingerprint density at radius 3 is 2.84 bits per heavy atom. The van der Waals surface area contributed by atoms with Gasteiger partial charge < -0.3 is 10.3 Å². The van der Waals surface area contributed by atoms with Crippen LogP contribution in [0.4, 0.5) is 5.82 Å². The number of aryl methyl sites for hydroxylation is 1. The van der Waals surface area contributed by atoms with Crippen molar-refractivity contribution in [2.45, 2.75) is 32.1 Å². The van der Waals surface area contributed by atoms with Gasteiger partial charge in [0.25, 0.3) is 0 Å². The Kier molecular flexibility index (Phi) is 4.91. The Morgan fingerprint density at radius 2 is 1.94 bits per heavy atom. The van der Waals surface area contributed by atoms with Gasteiger partial charge >= 0.3 is 0 Å². The zero-order valence-corrected chi connectivity index (χ0v) is 19.0. The number of nitrogens with one attached hydrogen (secondary N) is 2. The van der Waals surface area contributed by atoms with Crippen LogP contribution in [0.2, 0.25) is 0 Å². The summed E-state index contributed by atoms with van der Waals surface area (Å²) >= 11 is 1.85. The maximum Gasteiger partial charge on any atom is 0.138 e. The monoisotopic (exact) mass is 438 g/mol. The van der Waals surface area contributed by atoms with Gasteiger partial charge in [-0.2, -0.15) is 0 Å². The van der Waals surface area contributed by atoms with E-state index in [4.69, 9.17) is 4.98 Å². The fourth-order valence-electron chi connectivity index (χ4n) is 5.08. The van der Waals surface area contributed by atoms with Crippen LogP contribution in [0.1, 0.15) is 40.8 Å². The van der Waals surface area contributed by atoms with Crippen LogP contribution >= 0.6 is 11.3 Å². The molecule has 1 aliphatic carbocycles. The number of fused-ring (bicyclic) bond motifs is 4. The molecule has 0 fully saturated rings. The fourth-order valence-corrected chi connectivity index (χ4v) is 6.43. The lowest BCUT2D eigenvalue weighted by Gasteiger charge is -2.20. The highest BCUT2D eigenvalue weighted by molar-refractivity contribution is 7.19. The standard InChI is InChI=1S/C27H26N4S/c1-17-11-12-20-24(13-17)32-27-25(20)26(30-16-31-27)29-14-21(18-7-3-2-4-8-18)22-15-28-23-10-6-5-9-19(22)23/h2-10,15-17,21,28H,11-14H2,1H3,(H,29,30,31)/t17-,21-/m0/s1. The van der Waals surface area contributed by atoms with Gasteiger partial charge in [0.05, 0.1) is 5.39 Å². The van der Waals surface area contributed by atoms with Crippen molar-refractivity contribution < 1.29 is 0 Å². The van der Waals surface area contributed by atoms with Crippen LogP contribution in [-0.2, 0) is 12.8 Å². The van der Waals surface area contributed by atoms with E-state index in [1.807, 2.05) is 11.3 Å². The summed E-state index contributed by atoms with van der Waals surface area (Å²) in [6, 6.07) is 19.3. The number of benzene rings is 2. The van der Waals surface area contributed by atoms with E-state index in [0.29, 0.717) is 0 Å². The molecule has 0 unspecified atom stereocenters. The first-order chi connectivity index (χ1) is 15.8. The average Bonchev–Trinajstić information content (AvgIpc) is 3.41. The normalized spacial score (nSPS) is 16.8. The molecule has 2 aromatic carbocycles. The first kappa shape index (κ1) is 19.5. The number of para-hydroxylation sites is 1. The van der Waals surface area contributed by atoms with Crippen LogP contribution in [0.3, 0.4) is 0 Å². The van der Waals surface area contributed by atoms with Crippen molar-refractivity contribution in [2.75, 3.05) is 11.9 Å². The van der Waals surface area contributed by atoms with E-state index in [1.54, 1.807) is 6.33 Å². The van der Waals surface area contributed by atoms with Gasteiger partial charge in [-0.3, -0.25) is 0 Å². The van der Waals surface area contributed by atoms with E-state index in [9.17, 15) is 0 Å². The summed E-state index contributed by atoms with van der Waals surface area (Å²) in [5, 5.41) is 6.25. The van der Waals surface area contributed by atoms with Crippen LogP contribution in [0, 0.1) is 5.92 Å². The van der Waals surface area contributed by atoms with Crippen molar-refractivity contribution in [2.24, 2.45) is 5.92 Å². The summed E-state index contributed by atoms with van der Waals surface area (Å²) in [4.78, 5) is 15.4. The highest BCUT2D eigenvalue weighted by Gasteiger charge is 2.24. The van der Waals surface area contributed by atoms with Crippen molar-refractivity contribution in [3.63, 3.8) is 0 Å². The van der Waals surface area contributed by atoms with Crippen molar-refractivity contribution in [1.82, 2.24) is 15.0 Å². The molecular weight excluding hydrogens is 412 g/mol. The summed E-state index contributed by atoms with van der Waals surface area (Å²) in [5.41, 5.74) is 5.26. The molecule has 160 valence electrons. The third-order valence-electron chi connectivity index (χ3n) is 6.76. The predicted octanol–water partition coefficient (Wildman–Crippen LogP) is 6.54. The van der Waals surface area contributed by atoms with Crippen molar-refractivity contribution in [3.05, 3.63) is 88.7 Å². The Bertz CT molecular complexity index is 1390. The van der Waals surface area contributed by atoms with E-state index >= 15 is 0 Å². The molecule has 0 saturated heterocycles. The van der Waals surface area contributed by atoms with Gasteiger partial charge in [0.15, 0.2) is 0 Å². The van der Waals surface area contributed by atoms with Crippen LogP contribution in [-0.4, -0.2) is 21.5 Å². The Balaban J connectivity index is 1.39. The average molecular weight is 439 g/mol. The smallest absolute Gasteiger partial charge is 0.138 e. The summed E-state index contributed by atoms with van der Waals surface area (Å²) in [5.74, 6) is 1.94. The Labute approximate surface area is 191 Å². The minimum Gasteiger partial charge on any atom is -0.368 e. The SMILES string of the molecule is C[C@H]1CCc2c(sc3ncnc(NC[C@@H](c4ccccc4)c4c[nH]c5ccccc45)c23)C1. The number of aromatic nitrogens is 3. The summed E-state index contributed by atoms with van der Waals surface area (Å²) < 4.78 is 0. The predicted molar refractivity (Wildman–Crippen MR) is 134 cm³/mol. The second-order valence-electron chi connectivity index (χ2n) is 8.89. The lowest BCUT2D eigenvalue weighted by molar-refractivity contribution is 0.509. The quantitative estimate of drug-likeness (QED) is 0.327. The maximum absolute atomic E-state index is 4.69. The van der Waals surface area contributed by atoms with Gasteiger partial charge in [-0.15, -0.1) is 11.3 Å². The molecule has 6 rings (SSSR count). The lowest BCUT2D eigenvalue weighted by Crippen LogP contribution is -2.15. The number of rotatable bonds is 5. The number of nitrogens with zero attached hydrogens (tertiary/aromatic N) is 2. The molecule has 4 nitrogen and oxygen atoms in total. The van der Waals surface area contributed by atoms with E-state index in [2.05, 4.69) is 83.0 Å². The topological polar surface area (TPSA) is 53.6 Å². The van der Waals surface area contributed by atoms with Crippen LogP contribution in [0.5, 0.6) is 0 Å². The summed E-state index contributed by atoms with van der Waals surface area (Å²) in [6.45, 7) is 3.13. The summed E-state index contributed by atoms with van der Waals surface area (Å²) in [6.07, 6.45) is 7.41. The Hall–Kier alpha value is -3.18. The molecule has 5 aromatic rings. The second kappa shape index (κ2) is 8.06. The minimum absolute atomic E-state index is 0.215. The molecule has 0 amide bonds. The van der Waals surface area contributed by atoms with Gasteiger partial charge in [0.2, 0.25) is 0 Å². The van der Waals surface area contributed by atoms with Crippen molar-refractivity contribution in [3.8, 4) is 0 Å². The molecule has 2 N–H and O–H groups in total. The second-order valence-corrected chi connectivity index (χ2v) is 9.97. The molecule has 0 spiro atoms. The van der Waals surface area contributed by atoms with E-state index in [0.717, 1.165) is 36.0 Å². The molecular formula is C27H26N4S. The molecule has 0 aliphatic heterocycles. The maximum atomic E-state index is 4.69. The largest absolute Gasteiger partial charge is 0.368 e. The number of hydrogen-bond donors (Lipinski definition) is 2. The molecule has 2 atom stereocenters. The van der Waals surface area contributed by atoms with Crippen molar-refractivity contribution in [1.29, 1.82) is 0 Å². The highest BCUT2D eigenvalue weighted by Crippen LogP contribution is 2.40. The molecule has 1 aliphatic rings. The number of hydrogen-bond acceptors (Lipinski definition) is 4. The van der Waals surface area contributed by atoms with Crippen LogP contribution in [0.25, 0.3) is 21.1 Å². The highest BCUT2D eigenvalue weighted by atomic mass is 32.1. The number of thiophene rings is 1. The minimum atomic E-state index is 0.215. The first-order valence-electron chi connectivity index (χ1n) is 11.4. The van der Waals surface area contributed by atoms with Crippen LogP contribution < -0.4 is 5.32 Å². The van der Waals surface area contributed by atoms with E-state index in [1.165, 1.54) is 44.3 Å². The third kappa shape index (κ3) is 3.37. The van der Waals surface area contributed by atoms with Gasteiger partial charge in [0, 0.05) is 34.4 Å². The van der Waals surface area contributed by atoms with Gasteiger partial charge in [-0.05, 0) is 47.9 Å². The molecule has 3 heterocycles. The summed E-state index contributed by atoms with van der Waals surface area (Å²) in [7, 11) is 0. The first-order valence-corrected chi connectivity index (χ1v) is 12.2. The number of anilines is 1. The molecule has 0 bridgehead atoms. The molecule has 5 heteroatoms. The Morgan fingerprint density at radius 1 is 1.09 bits per heavy atom. The lowest BCUT2D eigenvalue weighted by atomic mass is 9.89. The van der Waals surface area contributed by atoms with Gasteiger partial charge in [-0.1, -0.05) is 55.5 Å². The zero-order valence-electron chi connectivity index (χ0n) is 18.1.